The van der Waals surface area contributed by atoms with Crippen LogP contribution < -0.4 is 10.1 Å². The standard InChI is InChI=1S/C30H34BrClN2O3/c1-2-3-19-33-30(36)28(21-23-8-5-4-6-9-23)34(22-24-11-13-25(31)14-12-24)29(35)10-7-20-37-27-17-15-26(32)16-18-27/h4-6,8-9,11-18,28H,2-3,7,10,19-22H2,1H3,(H,33,36)/t28-/m1/s1. The summed E-state index contributed by atoms with van der Waals surface area (Å²) < 4.78 is 6.74. The van der Waals surface area contributed by atoms with Gasteiger partial charge in [-0.15, -0.1) is 0 Å². The first-order valence-electron chi connectivity index (χ1n) is 12.7. The number of ether oxygens (including phenoxy) is 1. The Labute approximate surface area is 233 Å². The van der Waals surface area contributed by atoms with E-state index in [4.69, 9.17) is 16.3 Å². The molecule has 0 aliphatic carbocycles. The minimum atomic E-state index is -0.618. The Kier molecular flexibility index (Phi) is 12.0. The lowest BCUT2D eigenvalue weighted by Gasteiger charge is -2.31. The summed E-state index contributed by atoms with van der Waals surface area (Å²) in [6.07, 6.45) is 3.14. The molecule has 0 bridgehead atoms. The molecule has 0 unspecified atom stereocenters. The Balaban J connectivity index is 1.76. The van der Waals surface area contributed by atoms with Gasteiger partial charge in [-0.1, -0.05) is 83.3 Å². The summed E-state index contributed by atoms with van der Waals surface area (Å²) in [6.45, 7) is 3.42. The Hall–Kier alpha value is -2.83. The third kappa shape index (κ3) is 9.86. The van der Waals surface area contributed by atoms with Crippen molar-refractivity contribution in [1.82, 2.24) is 10.2 Å². The number of amides is 2. The molecule has 3 aromatic rings. The van der Waals surface area contributed by atoms with E-state index in [-0.39, 0.29) is 18.2 Å². The van der Waals surface area contributed by atoms with E-state index in [1.54, 1.807) is 29.2 Å². The predicted octanol–water partition coefficient (Wildman–Crippen LogP) is 6.82. The van der Waals surface area contributed by atoms with Gasteiger partial charge in [0.2, 0.25) is 11.8 Å². The second-order valence-electron chi connectivity index (χ2n) is 8.90. The third-order valence-corrected chi connectivity index (χ3v) is 6.76. The van der Waals surface area contributed by atoms with Gasteiger partial charge < -0.3 is 15.0 Å². The molecule has 7 heteroatoms. The number of nitrogens with zero attached hydrogens (tertiary/aromatic N) is 1. The van der Waals surface area contributed by atoms with Gasteiger partial charge in [0.05, 0.1) is 6.61 Å². The van der Waals surface area contributed by atoms with E-state index in [2.05, 4.69) is 28.2 Å². The molecule has 0 saturated heterocycles. The average molecular weight is 586 g/mol. The normalized spacial score (nSPS) is 11.5. The second-order valence-corrected chi connectivity index (χ2v) is 10.3. The van der Waals surface area contributed by atoms with Crippen molar-refractivity contribution >= 4 is 39.3 Å². The Morgan fingerprint density at radius 2 is 1.65 bits per heavy atom. The van der Waals surface area contributed by atoms with Gasteiger partial charge in [-0.3, -0.25) is 9.59 Å². The Bertz CT molecular complexity index is 1110. The smallest absolute Gasteiger partial charge is 0.243 e. The maximum absolute atomic E-state index is 13.6. The minimum absolute atomic E-state index is 0.0748. The molecular formula is C30H34BrClN2O3. The number of carbonyl (C=O) groups excluding carboxylic acids is 2. The molecule has 0 aromatic heterocycles. The first-order valence-corrected chi connectivity index (χ1v) is 13.9. The van der Waals surface area contributed by atoms with Crippen molar-refractivity contribution in [3.8, 4) is 5.75 Å². The molecule has 0 heterocycles. The summed E-state index contributed by atoms with van der Waals surface area (Å²) in [7, 11) is 0. The van der Waals surface area contributed by atoms with Crippen LogP contribution in [0, 0.1) is 0 Å². The van der Waals surface area contributed by atoms with Crippen LogP contribution in [0.4, 0.5) is 0 Å². The molecule has 5 nitrogen and oxygen atoms in total. The van der Waals surface area contributed by atoms with Crippen LogP contribution >= 0.6 is 27.5 Å². The van der Waals surface area contributed by atoms with Crippen molar-refractivity contribution in [2.24, 2.45) is 0 Å². The predicted molar refractivity (Wildman–Crippen MR) is 153 cm³/mol. The maximum Gasteiger partial charge on any atom is 0.243 e. The topological polar surface area (TPSA) is 58.6 Å². The molecule has 3 rings (SSSR count). The van der Waals surface area contributed by atoms with Crippen molar-refractivity contribution in [2.45, 2.75) is 51.6 Å². The van der Waals surface area contributed by atoms with E-state index in [1.807, 2.05) is 54.6 Å². The highest BCUT2D eigenvalue weighted by atomic mass is 79.9. The number of hydrogen-bond acceptors (Lipinski definition) is 3. The largest absolute Gasteiger partial charge is 0.494 e. The molecule has 1 N–H and O–H groups in total. The van der Waals surface area contributed by atoms with Crippen LogP contribution in [0.3, 0.4) is 0 Å². The van der Waals surface area contributed by atoms with Gasteiger partial charge >= 0.3 is 0 Å². The molecule has 196 valence electrons. The van der Waals surface area contributed by atoms with Crippen LogP contribution in [0.25, 0.3) is 0 Å². The number of rotatable bonds is 14. The maximum atomic E-state index is 13.6. The van der Waals surface area contributed by atoms with E-state index in [1.165, 1.54) is 0 Å². The molecule has 0 aliphatic heterocycles. The molecule has 3 aromatic carbocycles. The van der Waals surface area contributed by atoms with Gasteiger partial charge in [-0.05, 0) is 60.4 Å². The molecule has 0 saturated carbocycles. The van der Waals surface area contributed by atoms with Crippen LogP contribution in [-0.2, 0) is 22.6 Å². The molecule has 0 spiro atoms. The van der Waals surface area contributed by atoms with Gasteiger partial charge in [0.1, 0.15) is 11.8 Å². The quantitative estimate of drug-likeness (QED) is 0.211. The molecule has 2 amide bonds. The first kappa shape index (κ1) is 28.7. The number of hydrogen-bond donors (Lipinski definition) is 1. The second kappa shape index (κ2) is 15.4. The van der Waals surface area contributed by atoms with Crippen LogP contribution in [-0.4, -0.2) is 35.9 Å². The summed E-state index contributed by atoms with van der Waals surface area (Å²) >= 11 is 9.41. The number of halogens is 2. The first-order chi connectivity index (χ1) is 18.0. The van der Waals surface area contributed by atoms with Gasteiger partial charge in [-0.2, -0.15) is 0 Å². The highest BCUT2D eigenvalue weighted by molar-refractivity contribution is 9.10. The zero-order valence-electron chi connectivity index (χ0n) is 21.2. The zero-order chi connectivity index (χ0) is 26.5. The molecule has 0 fully saturated rings. The zero-order valence-corrected chi connectivity index (χ0v) is 23.5. The number of nitrogens with one attached hydrogen (secondary N) is 1. The molecule has 37 heavy (non-hydrogen) atoms. The average Bonchev–Trinajstić information content (AvgIpc) is 2.91. The molecule has 0 radical (unpaired) electrons. The lowest BCUT2D eigenvalue weighted by atomic mass is 10.0. The summed E-state index contributed by atoms with van der Waals surface area (Å²) in [5, 5.41) is 3.70. The van der Waals surface area contributed by atoms with Crippen LogP contribution in [0.1, 0.15) is 43.7 Å². The van der Waals surface area contributed by atoms with Crippen LogP contribution in [0.2, 0.25) is 5.02 Å². The van der Waals surface area contributed by atoms with E-state index in [0.29, 0.717) is 43.3 Å². The lowest BCUT2D eigenvalue weighted by molar-refractivity contribution is -0.141. The molecule has 1 atom stereocenters. The fourth-order valence-corrected chi connectivity index (χ4v) is 4.32. The number of benzene rings is 3. The fourth-order valence-electron chi connectivity index (χ4n) is 3.93. The van der Waals surface area contributed by atoms with Crippen LogP contribution in [0.5, 0.6) is 5.75 Å². The van der Waals surface area contributed by atoms with Crippen molar-refractivity contribution in [2.75, 3.05) is 13.2 Å². The molecule has 0 aliphatic rings. The Morgan fingerprint density at radius 3 is 2.32 bits per heavy atom. The third-order valence-electron chi connectivity index (χ3n) is 5.98. The van der Waals surface area contributed by atoms with Gasteiger partial charge in [-0.25, -0.2) is 0 Å². The number of carbonyl (C=O) groups is 2. The van der Waals surface area contributed by atoms with Gasteiger partial charge in [0.25, 0.3) is 0 Å². The summed E-state index contributed by atoms with van der Waals surface area (Å²) in [5.74, 6) is 0.509. The van der Waals surface area contributed by atoms with E-state index in [9.17, 15) is 9.59 Å². The van der Waals surface area contributed by atoms with Crippen molar-refractivity contribution in [3.63, 3.8) is 0 Å². The van der Waals surface area contributed by atoms with E-state index >= 15 is 0 Å². The minimum Gasteiger partial charge on any atom is -0.494 e. The van der Waals surface area contributed by atoms with E-state index < -0.39 is 6.04 Å². The highest BCUT2D eigenvalue weighted by Crippen LogP contribution is 2.19. The fraction of sp³-hybridized carbons (Fsp3) is 0.333. The highest BCUT2D eigenvalue weighted by Gasteiger charge is 2.30. The number of unbranched alkanes of at least 4 members (excludes halogenated alkanes) is 1. The van der Waals surface area contributed by atoms with Crippen molar-refractivity contribution < 1.29 is 14.3 Å². The van der Waals surface area contributed by atoms with Crippen molar-refractivity contribution in [1.29, 1.82) is 0 Å². The van der Waals surface area contributed by atoms with Crippen molar-refractivity contribution in [3.05, 3.63) is 99.5 Å². The lowest BCUT2D eigenvalue weighted by Crippen LogP contribution is -2.50. The Morgan fingerprint density at radius 1 is 0.946 bits per heavy atom. The molecular weight excluding hydrogens is 552 g/mol. The van der Waals surface area contributed by atoms with Crippen LogP contribution in [0.15, 0.2) is 83.3 Å². The van der Waals surface area contributed by atoms with Gasteiger partial charge in [0.15, 0.2) is 0 Å². The summed E-state index contributed by atoms with van der Waals surface area (Å²) in [4.78, 5) is 28.7. The SMILES string of the molecule is CCCCNC(=O)[C@@H](Cc1ccccc1)N(Cc1ccc(Br)cc1)C(=O)CCCOc1ccc(Cl)cc1. The summed E-state index contributed by atoms with van der Waals surface area (Å²) in [6, 6.07) is 24.2. The van der Waals surface area contributed by atoms with E-state index in [0.717, 1.165) is 28.4 Å². The van der Waals surface area contributed by atoms with Gasteiger partial charge in [0, 0.05) is 35.4 Å². The monoisotopic (exact) mass is 584 g/mol. The summed E-state index contributed by atoms with van der Waals surface area (Å²) in [5.41, 5.74) is 1.98.